The van der Waals surface area contributed by atoms with Crippen LogP contribution in [-0.4, -0.2) is 21.6 Å². The van der Waals surface area contributed by atoms with Crippen LogP contribution >= 0.6 is 15.9 Å². The number of hydrogen-bond acceptors (Lipinski definition) is 2. The minimum absolute atomic E-state index is 0.225. The van der Waals surface area contributed by atoms with E-state index in [1.807, 2.05) is 13.0 Å². The average molecular weight is 337 g/mol. The van der Waals surface area contributed by atoms with Gasteiger partial charge in [-0.25, -0.2) is 4.79 Å². The Morgan fingerprint density at radius 2 is 2.00 bits per heavy atom. The molecule has 0 bridgehead atoms. The van der Waals surface area contributed by atoms with Crippen LogP contribution in [0.1, 0.15) is 31.8 Å². The lowest BCUT2D eigenvalue weighted by Crippen LogP contribution is -2.11. The third kappa shape index (κ3) is 2.91. The molecule has 6 heteroatoms. The number of carbonyl (C=O) groups is 2. The molecule has 0 aliphatic carbocycles. The summed E-state index contributed by atoms with van der Waals surface area (Å²) in [5.74, 6) is -1.43. The summed E-state index contributed by atoms with van der Waals surface area (Å²) >= 11 is 3.33. The number of aryl methyl sites for hydroxylation is 1. The van der Waals surface area contributed by atoms with E-state index in [4.69, 9.17) is 10.8 Å². The zero-order valence-electron chi connectivity index (χ0n) is 10.8. The van der Waals surface area contributed by atoms with Crippen LogP contribution in [0, 0.1) is 6.92 Å². The highest BCUT2D eigenvalue weighted by atomic mass is 79.9. The molecule has 1 amide bonds. The average Bonchev–Trinajstić information content (AvgIpc) is 2.73. The maximum Gasteiger partial charge on any atom is 0.337 e. The standard InChI is InChI=1S/C14H13BrN2O3/c1-8-4-9(13(16)18)2-3-10(8)6-17-7-11(14(19)20)5-12(17)15/h2-5,7H,6H2,1H3,(H2,16,18)(H,19,20). The summed E-state index contributed by atoms with van der Waals surface area (Å²) in [6, 6.07) is 6.77. The van der Waals surface area contributed by atoms with E-state index in [9.17, 15) is 9.59 Å². The van der Waals surface area contributed by atoms with Crippen molar-refractivity contribution >= 4 is 27.8 Å². The molecule has 1 aromatic heterocycles. The van der Waals surface area contributed by atoms with Gasteiger partial charge in [0.25, 0.3) is 0 Å². The number of carboxylic acid groups (broad SMARTS) is 1. The topological polar surface area (TPSA) is 85.3 Å². The lowest BCUT2D eigenvalue weighted by Gasteiger charge is -2.09. The number of aromatic carboxylic acids is 1. The number of benzene rings is 1. The van der Waals surface area contributed by atoms with Crippen LogP contribution in [0.3, 0.4) is 0 Å². The van der Waals surface area contributed by atoms with Crippen molar-refractivity contribution in [2.45, 2.75) is 13.5 Å². The molecular weight excluding hydrogens is 324 g/mol. The normalized spacial score (nSPS) is 10.5. The van der Waals surface area contributed by atoms with Gasteiger partial charge >= 0.3 is 5.97 Å². The lowest BCUT2D eigenvalue weighted by atomic mass is 10.0. The first-order valence-electron chi connectivity index (χ1n) is 5.87. The molecule has 5 nitrogen and oxygen atoms in total. The van der Waals surface area contributed by atoms with Gasteiger partial charge in [0.15, 0.2) is 0 Å². The molecule has 1 aromatic carbocycles. The maximum atomic E-state index is 11.1. The second-order valence-corrected chi connectivity index (χ2v) is 5.30. The van der Waals surface area contributed by atoms with Gasteiger partial charge in [0.1, 0.15) is 0 Å². The number of hydrogen-bond donors (Lipinski definition) is 2. The van der Waals surface area contributed by atoms with Gasteiger partial charge in [-0.05, 0) is 52.2 Å². The Labute approximate surface area is 124 Å². The summed E-state index contributed by atoms with van der Waals surface area (Å²) in [7, 11) is 0. The number of carboxylic acids is 1. The molecule has 20 heavy (non-hydrogen) atoms. The summed E-state index contributed by atoms with van der Waals surface area (Å²) in [6.45, 7) is 2.40. The summed E-state index contributed by atoms with van der Waals surface area (Å²) in [5.41, 5.74) is 7.84. The predicted octanol–water partition coefficient (Wildman–Crippen LogP) is 2.40. The van der Waals surface area contributed by atoms with Crippen LogP contribution in [0.4, 0.5) is 0 Å². The molecule has 0 saturated carbocycles. The second-order valence-electron chi connectivity index (χ2n) is 4.49. The molecule has 104 valence electrons. The Morgan fingerprint density at radius 3 is 2.50 bits per heavy atom. The number of amides is 1. The number of nitrogens with zero attached hydrogens (tertiary/aromatic N) is 1. The Bertz CT molecular complexity index is 692. The van der Waals surface area contributed by atoms with E-state index in [-0.39, 0.29) is 5.56 Å². The summed E-state index contributed by atoms with van der Waals surface area (Å²) in [6.07, 6.45) is 1.56. The van der Waals surface area contributed by atoms with Gasteiger partial charge in [0.2, 0.25) is 5.91 Å². The Balaban J connectivity index is 2.30. The molecule has 0 unspecified atom stereocenters. The number of aromatic nitrogens is 1. The molecule has 0 fully saturated rings. The highest BCUT2D eigenvalue weighted by molar-refractivity contribution is 9.10. The van der Waals surface area contributed by atoms with Crippen molar-refractivity contribution in [3.63, 3.8) is 0 Å². The molecule has 0 saturated heterocycles. The van der Waals surface area contributed by atoms with Gasteiger partial charge in [0, 0.05) is 18.3 Å². The molecule has 0 aliphatic heterocycles. The van der Waals surface area contributed by atoms with Crippen molar-refractivity contribution in [2.75, 3.05) is 0 Å². The molecular formula is C14H13BrN2O3. The molecule has 0 spiro atoms. The zero-order valence-corrected chi connectivity index (χ0v) is 12.3. The quantitative estimate of drug-likeness (QED) is 0.898. The third-order valence-electron chi connectivity index (χ3n) is 3.06. The third-order valence-corrected chi connectivity index (χ3v) is 3.74. The first-order valence-corrected chi connectivity index (χ1v) is 6.66. The fraction of sp³-hybridized carbons (Fsp3) is 0.143. The number of rotatable bonds is 4. The van der Waals surface area contributed by atoms with Crippen molar-refractivity contribution in [1.29, 1.82) is 0 Å². The van der Waals surface area contributed by atoms with E-state index >= 15 is 0 Å². The molecule has 0 radical (unpaired) electrons. The first kappa shape index (κ1) is 14.3. The number of halogens is 1. The molecule has 0 atom stereocenters. The summed E-state index contributed by atoms with van der Waals surface area (Å²) < 4.78 is 2.48. The molecule has 1 heterocycles. The van der Waals surface area contributed by atoms with E-state index in [0.717, 1.165) is 11.1 Å². The van der Waals surface area contributed by atoms with Crippen molar-refractivity contribution in [3.05, 3.63) is 57.3 Å². The van der Waals surface area contributed by atoms with Gasteiger partial charge in [-0.15, -0.1) is 0 Å². The fourth-order valence-electron chi connectivity index (χ4n) is 1.93. The van der Waals surface area contributed by atoms with Crippen molar-refractivity contribution in [2.24, 2.45) is 5.73 Å². The van der Waals surface area contributed by atoms with Crippen LogP contribution in [-0.2, 0) is 6.54 Å². The number of carbonyl (C=O) groups excluding carboxylic acids is 1. The Hall–Kier alpha value is -2.08. The van der Waals surface area contributed by atoms with Gasteiger partial charge in [-0.1, -0.05) is 6.07 Å². The van der Waals surface area contributed by atoms with Crippen molar-refractivity contribution in [3.8, 4) is 0 Å². The highest BCUT2D eigenvalue weighted by Crippen LogP contribution is 2.19. The lowest BCUT2D eigenvalue weighted by molar-refractivity contribution is 0.0696. The maximum absolute atomic E-state index is 11.1. The van der Waals surface area contributed by atoms with Crippen LogP contribution in [0.2, 0.25) is 0 Å². The van der Waals surface area contributed by atoms with E-state index < -0.39 is 11.9 Å². The van der Waals surface area contributed by atoms with Gasteiger partial charge in [0.05, 0.1) is 10.2 Å². The Kier molecular flexibility index (Phi) is 3.94. The van der Waals surface area contributed by atoms with Crippen molar-refractivity contribution in [1.82, 2.24) is 4.57 Å². The Morgan fingerprint density at radius 1 is 1.30 bits per heavy atom. The van der Waals surface area contributed by atoms with E-state index in [1.54, 1.807) is 29.0 Å². The smallest absolute Gasteiger partial charge is 0.337 e. The fourth-order valence-corrected chi connectivity index (χ4v) is 2.40. The molecule has 2 aromatic rings. The zero-order chi connectivity index (χ0) is 14.9. The van der Waals surface area contributed by atoms with Crippen molar-refractivity contribution < 1.29 is 14.7 Å². The molecule has 2 rings (SSSR count). The largest absolute Gasteiger partial charge is 0.478 e. The summed E-state index contributed by atoms with van der Waals surface area (Å²) in [4.78, 5) is 22.0. The van der Waals surface area contributed by atoms with Crippen LogP contribution in [0.25, 0.3) is 0 Å². The van der Waals surface area contributed by atoms with E-state index in [1.165, 1.54) is 0 Å². The minimum atomic E-state index is -0.967. The number of nitrogens with two attached hydrogens (primary N) is 1. The van der Waals surface area contributed by atoms with Gasteiger partial charge in [-0.3, -0.25) is 4.79 Å². The highest BCUT2D eigenvalue weighted by Gasteiger charge is 2.11. The number of primary amides is 1. The molecule has 3 N–H and O–H groups in total. The van der Waals surface area contributed by atoms with Crippen LogP contribution in [0.15, 0.2) is 35.1 Å². The summed E-state index contributed by atoms with van der Waals surface area (Å²) in [5, 5.41) is 8.96. The first-order chi connectivity index (χ1) is 9.38. The molecule has 0 aliphatic rings. The monoisotopic (exact) mass is 336 g/mol. The van der Waals surface area contributed by atoms with E-state index in [2.05, 4.69) is 15.9 Å². The second kappa shape index (κ2) is 5.50. The van der Waals surface area contributed by atoms with Gasteiger partial charge in [-0.2, -0.15) is 0 Å². The van der Waals surface area contributed by atoms with E-state index in [0.29, 0.717) is 16.7 Å². The predicted molar refractivity (Wildman–Crippen MR) is 77.9 cm³/mol. The van der Waals surface area contributed by atoms with Crippen LogP contribution in [0.5, 0.6) is 0 Å². The van der Waals surface area contributed by atoms with Gasteiger partial charge < -0.3 is 15.4 Å². The SMILES string of the molecule is Cc1cc(C(N)=O)ccc1Cn1cc(C(=O)O)cc1Br. The van der Waals surface area contributed by atoms with Crippen LogP contribution < -0.4 is 5.73 Å². The minimum Gasteiger partial charge on any atom is -0.478 e.